The van der Waals surface area contributed by atoms with Gasteiger partial charge in [-0.25, -0.2) is 13.1 Å². The standard InChI is InChI=1S/C19H26N2O3S/c1-3-12-25(22,23)21-14-15(2)24-19-10-8-18(9-11-19)17-6-4-16(13-20)5-7-17/h4-11,15,21H,3,12-14,20H2,1-2H3. The minimum atomic E-state index is -3.21. The summed E-state index contributed by atoms with van der Waals surface area (Å²) in [4.78, 5) is 0. The molecule has 136 valence electrons. The minimum Gasteiger partial charge on any atom is -0.489 e. The molecule has 0 bridgehead atoms. The van der Waals surface area contributed by atoms with Gasteiger partial charge in [0.25, 0.3) is 0 Å². The Hall–Kier alpha value is -1.89. The Labute approximate surface area is 150 Å². The van der Waals surface area contributed by atoms with Crippen LogP contribution in [0, 0.1) is 0 Å². The predicted molar refractivity (Wildman–Crippen MR) is 102 cm³/mol. The van der Waals surface area contributed by atoms with Crippen molar-refractivity contribution >= 4 is 10.0 Å². The van der Waals surface area contributed by atoms with Crippen LogP contribution < -0.4 is 15.2 Å². The van der Waals surface area contributed by atoms with Gasteiger partial charge in [-0.3, -0.25) is 0 Å². The Morgan fingerprint density at radius 2 is 1.60 bits per heavy atom. The van der Waals surface area contributed by atoms with Gasteiger partial charge in [0.05, 0.1) is 5.75 Å². The molecular formula is C19H26N2O3S. The molecule has 0 radical (unpaired) electrons. The topological polar surface area (TPSA) is 81.4 Å². The Bertz CT molecular complexity index is 756. The molecule has 3 N–H and O–H groups in total. The smallest absolute Gasteiger partial charge is 0.211 e. The van der Waals surface area contributed by atoms with Crippen molar-refractivity contribution in [3.8, 4) is 16.9 Å². The summed E-state index contributed by atoms with van der Waals surface area (Å²) in [5, 5.41) is 0. The number of ether oxygens (including phenoxy) is 1. The summed E-state index contributed by atoms with van der Waals surface area (Å²) in [5.41, 5.74) is 8.92. The van der Waals surface area contributed by atoms with E-state index in [0.717, 1.165) is 16.7 Å². The van der Waals surface area contributed by atoms with Crippen molar-refractivity contribution in [3.63, 3.8) is 0 Å². The van der Waals surface area contributed by atoms with Crippen LogP contribution in [-0.2, 0) is 16.6 Å². The predicted octanol–water partition coefficient (Wildman–Crippen LogP) is 2.91. The van der Waals surface area contributed by atoms with Crippen LogP contribution in [0.2, 0.25) is 0 Å². The van der Waals surface area contributed by atoms with Crippen LogP contribution in [0.15, 0.2) is 48.5 Å². The molecule has 0 spiro atoms. The van der Waals surface area contributed by atoms with Crippen LogP contribution in [-0.4, -0.2) is 26.8 Å². The van der Waals surface area contributed by atoms with Crippen molar-refractivity contribution < 1.29 is 13.2 Å². The Morgan fingerprint density at radius 1 is 1.04 bits per heavy atom. The first-order valence-electron chi connectivity index (χ1n) is 8.47. The quantitative estimate of drug-likeness (QED) is 0.719. The largest absolute Gasteiger partial charge is 0.489 e. The molecule has 25 heavy (non-hydrogen) atoms. The van der Waals surface area contributed by atoms with Crippen molar-refractivity contribution in [2.75, 3.05) is 12.3 Å². The fraction of sp³-hybridized carbons (Fsp3) is 0.368. The van der Waals surface area contributed by atoms with Crippen molar-refractivity contribution in [2.45, 2.75) is 32.9 Å². The number of hydrogen-bond acceptors (Lipinski definition) is 4. The summed E-state index contributed by atoms with van der Waals surface area (Å²) < 4.78 is 31.7. The zero-order valence-corrected chi connectivity index (χ0v) is 15.6. The van der Waals surface area contributed by atoms with Crippen molar-refractivity contribution in [1.82, 2.24) is 4.72 Å². The highest BCUT2D eigenvalue weighted by Crippen LogP contribution is 2.23. The summed E-state index contributed by atoms with van der Waals surface area (Å²) in [6.07, 6.45) is 0.347. The van der Waals surface area contributed by atoms with E-state index in [4.69, 9.17) is 10.5 Å². The number of nitrogens with two attached hydrogens (primary N) is 1. The number of sulfonamides is 1. The first-order valence-corrected chi connectivity index (χ1v) is 10.1. The first-order chi connectivity index (χ1) is 11.9. The van der Waals surface area contributed by atoms with E-state index in [0.29, 0.717) is 18.7 Å². The van der Waals surface area contributed by atoms with Gasteiger partial charge in [0.1, 0.15) is 11.9 Å². The first kappa shape index (κ1) is 19.4. The SMILES string of the molecule is CCCS(=O)(=O)NCC(C)Oc1ccc(-c2ccc(CN)cc2)cc1. The third-order valence-corrected chi connectivity index (χ3v) is 5.33. The van der Waals surface area contributed by atoms with Gasteiger partial charge in [-0.1, -0.05) is 43.3 Å². The molecule has 0 fully saturated rings. The monoisotopic (exact) mass is 362 g/mol. The third kappa shape index (κ3) is 6.16. The summed E-state index contributed by atoms with van der Waals surface area (Å²) in [5.74, 6) is 0.849. The lowest BCUT2D eigenvalue weighted by molar-refractivity contribution is 0.225. The molecule has 0 saturated heterocycles. The molecule has 2 rings (SSSR count). The molecule has 0 aliphatic heterocycles. The average Bonchev–Trinajstić information content (AvgIpc) is 2.61. The maximum atomic E-state index is 11.7. The summed E-state index contributed by atoms with van der Waals surface area (Å²) >= 11 is 0. The lowest BCUT2D eigenvalue weighted by Gasteiger charge is -2.16. The maximum Gasteiger partial charge on any atom is 0.211 e. The molecule has 0 aliphatic carbocycles. The van der Waals surface area contributed by atoms with Crippen LogP contribution in [0.25, 0.3) is 11.1 Å². The number of hydrogen-bond donors (Lipinski definition) is 2. The summed E-state index contributed by atoms with van der Waals surface area (Å²) in [6, 6.07) is 15.9. The molecule has 2 aromatic rings. The molecule has 0 heterocycles. The van der Waals surface area contributed by atoms with Crippen molar-refractivity contribution in [1.29, 1.82) is 0 Å². The number of benzene rings is 2. The van der Waals surface area contributed by atoms with E-state index >= 15 is 0 Å². The van der Waals surface area contributed by atoms with Crippen LogP contribution in [0.3, 0.4) is 0 Å². The zero-order valence-electron chi connectivity index (χ0n) is 14.7. The zero-order chi connectivity index (χ0) is 18.3. The van der Waals surface area contributed by atoms with E-state index in [1.807, 2.05) is 62.4 Å². The van der Waals surface area contributed by atoms with E-state index < -0.39 is 10.0 Å². The highest BCUT2D eigenvalue weighted by molar-refractivity contribution is 7.89. The summed E-state index contributed by atoms with van der Waals surface area (Å²) in [6.45, 7) is 4.47. The van der Waals surface area contributed by atoms with Crippen molar-refractivity contribution in [3.05, 3.63) is 54.1 Å². The van der Waals surface area contributed by atoms with Crippen molar-refractivity contribution in [2.24, 2.45) is 5.73 Å². The fourth-order valence-electron chi connectivity index (χ4n) is 2.42. The Balaban J connectivity index is 1.93. The highest BCUT2D eigenvalue weighted by Gasteiger charge is 2.11. The number of nitrogens with one attached hydrogen (secondary N) is 1. The van der Waals surface area contributed by atoms with Gasteiger partial charge in [0.15, 0.2) is 0 Å². The molecule has 1 unspecified atom stereocenters. The molecule has 0 saturated carbocycles. The van der Waals surface area contributed by atoms with Gasteiger partial charge in [-0.15, -0.1) is 0 Å². The van der Waals surface area contributed by atoms with Gasteiger partial charge in [0, 0.05) is 13.1 Å². The van der Waals surface area contributed by atoms with Crippen LogP contribution in [0.5, 0.6) is 5.75 Å². The molecule has 6 heteroatoms. The molecule has 0 aromatic heterocycles. The molecular weight excluding hydrogens is 336 g/mol. The molecule has 1 atom stereocenters. The van der Waals surface area contributed by atoms with Crippen LogP contribution in [0.1, 0.15) is 25.8 Å². The highest BCUT2D eigenvalue weighted by atomic mass is 32.2. The van der Waals surface area contributed by atoms with E-state index in [1.165, 1.54) is 0 Å². The molecule has 0 amide bonds. The van der Waals surface area contributed by atoms with E-state index in [2.05, 4.69) is 4.72 Å². The second-order valence-electron chi connectivity index (χ2n) is 6.02. The minimum absolute atomic E-state index is 0.136. The van der Waals surface area contributed by atoms with Gasteiger partial charge in [-0.05, 0) is 42.2 Å². The van der Waals surface area contributed by atoms with Crippen LogP contribution in [0.4, 0.5) is 0 Å². The van der Waals surface area contributed by atoms with E-state index in [1.54, 1.807) is 0 Å². The van der Waals surface area contributed by atoms with Gasteiger partial charge < -0.3 is 10.5 Å². The Morgan fingerprint density at radius 3 is 2.12 bits per heavy atom. The maximum absolute atomic E-state index is 11.7. The third-order valence-electron chi connectivity index (χ3n) is 3.78. The average molecular weight is 362 g/mol. The molecule has 5 nitrogen and oxygen atoms in total. The molecule has 2 aromatic carbocycles. The Kier molecular flexibility index (Phi) is 6.99. The van der Waals surface area contributed by atoms with Gasteiger partial charge in [-0.2, -0.15) is 0 Å². The normalized spacial score (nSPS) is 12.8. The lowest BCUT2D eigenvalue weighted by Crippen LogP contribution is -2.34. The van der Waals surface area contributed by atoms with E-state index in [-0.39, 0.29) is 18.4 Å². The van der Waals surface area contributed by atoms with Crippen LogP contribution >= 0.6 is 0 Å². The second kappa shape index (κ2) is 8.99. The van der Waals surface area contributed by atoms with E-state index in [9.17, 15) is 8.42 Å². The molecule has 0 aliphatic rings. The summed E-state index contributed by atoms with van der Waals surface area (Å²) in [7, 11) is -3.21. The number of rotatable bonds is 9. The van der Waals surface area contributed by atoms with Gasteiger partial charge >= 0.3 is 0 Å². The lowest BCUT2D eigenvalue weighted by atomic mass is 10.0. The van der Waals surface area contributed by atoms with Gasteiger partial charge in [0.2, 0.25) is 10.0 Å². The second-order valence-corrected chi connectivity index (χ2v) is 7.95. The fourth-order valence-corrected chi connectivity index (χ4v) is 3.59.